The minimum Gasteiger partial charge on any atom is -0.394 e. The normalized spacial score (nSPS) is 35.0. The molecule has 0 aromatic carbocycles. The third kappa shape index (κ3) is 2.99. The van der Waals surface area contributed by atoms with Gasteiger partial charge >= 0.3 is 0 Å². The van der Waals surface area contributed by atoms with Crippen molar-refractivity contribution in [2.75, 3.05) is 6.61 Å². The van der Waals surface area contributed by atoms with Gasteiger partial charge in [-0.05, 0) is 0 Å². The summed E-state index contributed by atoms with van der Waals surface area (Å²) in [5.74, 6) is -0.805. The number of aliphatic hydroxyl groups excluding tert-OH is 2. The SMILES string of the molecule is CC(C)C(=O)NC1=N[C@@H]2[C@@H](N=CN2[C@@H]2C[C@@H](O)[C@@H](CO)O2)C(=O)N1. The zero-order chi connectivity index (χ0) is 17.4. The Hall–Kier alpha value is -2.04. The molecule has 2 amide bonds. The summed E-state index contributed by atoms with van der Waals surface area (Å²) in [6.45, 7) is 3.17. The van der Waals surface area contributed by atoms with Crippen LogP contribution in [0.1, 0.15) is 20.3 Å². The second kappa shape index (κ2) is 6.46. The van der Waals surface area contributed by atoms with Crippen molar-refractivity contribution >= 4 is 24.1 Å². The first kappa shape index (κ1) is 16.8. The van der Waals surface area contributed by atoms with Gasteiger partial charge < -0.3 is 19.8 Å². The van der Waals surface area contributed by atoms with Gasteiger partial charge in [0.25, 0.3) is 5.91 Å². The molecule has 1 fully saturated rings. The molecule has 0 aliphatic carbocycles. The van der Waals surface area contributed by atoms with Gasteiger partial charge in [-0.2, -0.15) is 0 Å². The molecule has 0 aromatic heterocycles. The summed E-state index contributed by atoms with van der Waals surface area (Å²) in [4.78, 5) is 34.1. The topological polar surface area (TPSA) is 136 Å². The first-order valence-corrected chi connectivity index (χ1v) is 7.85. The molecular formula is C14H21N5O5. The van der Waals surface area contributed by atoms with Gasteiger partial charge in [-0.25, -0.2) is 4.99 Å². The van der Waals surface area contributed by atoms with Gasteiger partial charge in [0.1, 0.15) is 12.3 Å². The van der Waals surface area contributed by atoms with E-state index in [4.69, 9.17) is 4.74 Å². The Labute approximate surface area is 138 Å². The Morgan fingerprint density at radius 2 is 2.33 bits per heavy atom. The lowest BCUT2D eigenvalue weighted by molar-refractivity contribution is -0.123. The highest BCUT2D eigenvalue weighted by atomic mass is 16.5. The van der Waals surface area contributed by atoms with Crippen LogP contribution in [0.25, 0.3) is 0 Å². The molecule has 0 unspecified atom stereocenters. The maximum atomic E-state index is 12.2. The summed E-state index contributed by atoms with van der Waals surface area (Å²) < 4.78 is 5.59. The molecule has 10 heteroatoms. The van der Waals surface area contributed by atoms with E-state index in [9.17, 15) is 19.8 Å². The molecule has 0 aromatic rings. The summed E-state index contributed by atoms with van der Waals surface area (Å²) in [6, 6.07) is -0.737. The van der Waals surface area contributed by atoms with E-state index in [1.165, 1.54) is 6.34 Å². The predicted molar refractivity (Wildman–Crippen MR) is 82.8 cm³/mol. The molecule has 132 valence electrons. The highest BCUT2D eigenvalue weighted by Gasteiger charge is 2.46. The van der Waals surface area contributed by atoms with Gasteiger partial charge in [0, 0.05) is 12.3 Å². The average Bonchev–Trinajstić information content (AvgIpc) is 3.10. The van der Waals surface area contributed by atoms with Crippen LogP contribution in [0.2, 0.25) is 0 Å². The number of guanidine groups is 1. The highest BCUT2D eigenvalue weighted by Crippen LogP contribution is 2.29. The predicted octanol–water partition coefficient (Wildman–Crippen LogP) is -2.25. The van der Waals surface area contributed by atoms with Gasteiger partial charge in [-0.15, -0.1) is 0 Å². The number of carbonyl (C=O) groups excluding carboxylic acids is 2. The maximum Gasteiger partial charge on any atom is 0.255 e. The summed E-state index contributed by atoms with van der Waals surface area (Å²) in [7, 11) is 0. The summed E-state index contributed by atoms with van der Waals surface area (Å²) in [6.07, 6.45) is -0.949. The van der Waals surface area contributed by atoms with Crippen LogP contribution < -0.4 is 10.6 Å². The van der Waals surface area contributed by atoms with Crippen molar-refractivity contribution in [2.45, 2.75) is 50.9 Å². The molecule has 0 spiro atoms. The second-order valence-electron chi connectivity index (χ2n) is 6.30. The van der Waals surface area contributed by atoms with E-state index in [1.54, 1.807) is 18.7 Å². The van der Waals surface area contributed by atoms with E-state index in [-0.39, 0.29) is 36.7 Å². The minimum absolute atomic E-state index is 0.0766. The summed E-state index contributed by atoms with van der Waals surface area (Å²) in [5, 5.41) is 24.1. The molecule has 24 heavy (non-hydrogen) atoms. The number of aliphatic imine (C=N–C) groups is 2. The number of rotatable bonds is 3. The fourth-order valence-electron chi connectivity index (χ4n) is 2.79. The Bertz CT molecular complexity index is 592. The maximum absolute atomic E-state index is 12.2. The first-order valence-electron chi connectivity index (χ1n) is 7.85. The number of nitrogens with zero attached hydrogens (tertiary/aromatic N) is 3. The lowest BCUT2D eigenvalue weighted by Gasteiger charge is -2.32. The van der Waals surface area contributed by atoms with Crippen molar-refractivity contribution in [3.05, 3.63) is 0 Å². The van der Waals surface area contributed by atoms with Gasteiger partial charge in [0.2, 0.25) is 11.9 Å². The molecule has 3 aliphatic rings. The third-order valence-electron chi connectivity index (χ3n) is 4.20. The van der Waals surface area contributed by atoms with Crippen LogP contribution in [0.5, 0.6) is 0 Å². The van der Waals surface area contributed by atoms with E-state index < -0.39 is 30.6 Å². The number of fused-ring (bicyclic) bond motifs is 1. The van der Waals surface area contributed by atoms with Crippen LogP contribution in [-0.2, 0) is 14.3 Å². The Kier molecular flexibility index (Phi) is 4.52. The molecule has 3 aliphatic heterocycles. The quantitative estimate of drug-likeness (QED) is 0.459. The number of aliphatic hydroxyl groups is 2. The summed E-state index contributed by atoms with van der Waals surface area (Å²) in [5.41, 5.74) is 0. The molecule has 0 saturated carbocycles. The van der Waals surface area contributed by atoms with Crippen LogP contribution in [0.3, 0.4) is 0 Å². The first-order chi connectivity index (χ1) is 11.4. The largest absolute Gasteiger partial charge is 0.394 e. The van der Waals surface area contributed by atoms with Crippen molar-refractivity contribution in [2.24, 2.45) is 15.9 Å². The van der Waals surface area contributed by atoms with Crippen LogP contribution in [0, 0.1) is 5.92 Å². The van der Waals surface area contributed by atoms with Gasteiger partial charge in [-0.3, -0.25) is 25.2 Å². The number of ether oxygens (including phenoxy) is 1. The smallest absolute Gasteiger partial charge is 0.255 e. The van der Waals surface area contributed by atoms with E-state index >= 15 is 0 Å². The minimum atomic E-state index is -0.797. The van der Waals surface area contributed by atoms with Crippen molar-refractivity contribution in [1.82, 2.24) is 15.5 Å². The Morgan fingerprint density at radius 1 is 1.58 bits per heavy atom. The molecule has 0 radical (unpaired) electrons. The van der Waals surface area contributed by atoms with Crippen molar-refractivity contribution in [1.29, 1.82) is 0 Å². The lowest BCUT2D eigenvalue weighted by atomic mass is 10.1. The number of hydrogen-bond donors (Lipinski definition) is 4. The fraction of sp³-hybridized carbons (Fsp3) is 0.714. The monoisotopic (exact) mass is 339 g/mol. The summed E-state index contributed by atoms with van der Waals surface area (Å²) >= 11 is 0. The van der Waals surface area contributed by atoms with E-state index in [0.717, 1.165) is 0 Å². The van der Waals surface area contributed by atoms with Gasteiger partial charge in [0.15, 0.2) is 12.2 Å². The third-order valence-corrected chi connectivity index (χ3v) is 4.20. The van der Waals surface area contributed by atoms with E-state index in [1.807, 2.05) is 0 Å². The lowest BCUT2D eigenvalue weighted by Crippen LogP contribution is -2.57. The van der Waals surface area contributed by atoms with Crippen LogP contribution in [0.4, 0.5) is 0 Å². The molecule has 3 rings (SSSR count). The number of amides is 2. The Balaban J connectivity index is 1.76. The number of carbonyl (C=O) groups is 2. The molecule has 10 nitrogen and oxygen atoms in total. The van der Waals surface area contributed by atoms with Crippen molar-refractivity contribution in [3.8, 4) is 0 Å². The fourth-order valence-corrected chi connectivity index (χ4v) is 2.79. The molecule has 3 heterocycles. The molecule has 1 saturated heterocycles. The number of hydrogen-bond acceptors (Lipinski definition) is 8. The van der Waals surface area contributed by atoms with Gasteiger partial charge in [0.05, 0.1) is 19.0 Å². The number of nitrogens with one attached hydrogen (secondary N) is 2. The molecule has 0 bridgehead atoms. The zero-order valence-electron chi connectivity index (χ0n) is 13.4. The van der Waals surface area contributed by atoms with Gasteiger partial charge in [-0.1, -0.05) is 13.8 Å². The Morgan fingerprint density at radius 3 is 2.96 bits per heavy atom. The van der Waals surface area contributed by atoms with Crippen molar-refractivity contribution in [3.63, 3.8) is 0 Å². The average molecular weight is 339 g/mol. The molecule has 5 atom stereocenters. The standard InChI is InChI=1S/C14H21N5O5/c1-6(2)12(22)17-14-16-11-10(13(23)18-14)15-5-19(11)9-3-7(21)8(4-20)24-9/h5-11,20-21H,3-4H2,1-2H3,(H2,16,17,18,22,23)/t7-,8-,9+,10-,11+/m1/s1. The van der Waals surface area contributed by atoms with Crippen LogP contribution in [0.15, 0.2) is 9.98 Å². The van der Waals surface area contributed by atoms with Crippen LogP contribution >= 0.6 is 0 Å². The zero-order valence-corrected chi connectivity index (χ0v) is 13.4. The molecular weight excluding hydrogens is 318 g/mol. The molecule has 4 N–H and O–H groups in total. The van der Waals surface area contributed by atoms with Crippen molar-refractivity contribution < 1.29 is 24.5 Å². The second-order valence-corrected chi connectivity index (χ2v) is 6.30. The van der Waals surface area contributed by atoms with E-state index in [0.29, 0.717) is 0 Å². The van der Waals surface area contributed by atoms with Crippen LogP contribution in [-0.4, -0.2) is 76.5 Å². The highest BCUT2D eigenvalue weighted by molar-refractivity contribution is 6.08. The van der Waals surface area contributed by atoms with E-state index in [2.05, 4.69) is 20.6 Å².